The standard InChI is InChI=1S/C28H30FN3O3/c1-35-25-12-8-21(9-13-25)17-31-27(33)19-32-18-23-5-3-2-4-22(23)16-26(32)28(34)30-15-14-20-6-10-24(29)11-7-20/h2-13,26H,14-19H2,1H3,(H,30,34)(H,31,33). The van der Waals surface area contributed by atoms with Crippen LogP contribution in [0.5, 0.6) is 5.75 Å². The van der Waals surface area contributed by atoms with Crippen LogP contribution in [0.2, 0.25) is 0 Å². The zero-order chi connectivity index (χ0) is 24.6. The van der Waals surface area contributed by atoms with Crippen molar-refractivity contribution >= 4 is 11.8 Å². The minimum absolute atomic E-state index is 0.107. The number of hydrogen-bond acceptors (Lipinski definition) is 4. The topological polar surface area (TPSA) is 70.7 Å². The first-order valence-corrected chi connectivity index (χ1v) is 11.7. The van der Waals surface area contributed by atoms with Crippen molar-refractivity contribution in [2.75, 3.05) is 20.2 Å². The zero-order valence-corrected chi connectivity index (χ0v) is 19.8. The third-order valence-electron chi connectivity index (χ3n) is 6.27. The van der Waals surface area contributed by atoms with Crippen LogP contribution in [0, 0.1) is 5.82 Å². The van der Waals surface area contributed by atoms with Gasteiger partial charge in [0.2, 0.25) is 11.8 Å². The van der Waals surface area contributed by atoms with Crippen LogP contribution in [0.3, 0.4) is 0 Å². The summed E-state index contributed by atoms with van der Waals surface area (Å²) in [6.07, 6.45) is 1.15. The number of nitrogens with zero attached hydrogens (tertiary/aromatic N) is 1. The second-order valence-electron chi connectivity index (χ2n) is 8.69. The fraction of sp³-hybridized carbons (Fsp3) is 0.286. The number of amides is 2. The summed E-state index contributed by atoms with van der Waals surface area (Å²) in [5, 5.41) is 5.95. The molecule has 2 N–H and O–H groups in total. The van der Waals surface area contributed by atoms with E-state index < -0.39 is 6.04 Å². The van der Waals surface area contributed by atoms with E-state index in [0.717, 1.165) is 28.0 Å². The van der Waals surface area contributed by atoms with Crippen LogP contribution >= 0.6 is 0 Å². The number of benzene rings is 3. The van der Waals surface area contributed by atoms with Crippen LogP contribution in [0.4, 0.5) is 4.39 Å². The number of halogens is 1. The van der Waals surface area contributed by atoms with Gasteiger partial charge >= 0.3 is 0 Å². The van der Waals surface area contributed by atoms with Gasteiger partial charge < -0.3 is 15.4 Å². The molecular weight excluding hydrogens is 445 g/mol. The predicted molar refractivity (Wildman–Crippen MR) is 132 cm³/mol. The highest BCUT2D eigenvalue weighted by Crippen LogP contribution is 2.23. The highest BCUT2D eigenvalue weighted by atomic mass is 19.1. The van der Waals surface area contributed by atoms with Crippen LogP contribution in [-0.4, -0.2) is 43.0 Å². The number of nitrogens with one attached hydrogen (secondary N) is 2. The molecule has 3 aromatic carbocycles. The van der Waals surface area contributed by atoms with Crippen LogP contribution in [-0.2, 0) is 35.5 Å². The SMILES string of the molecule is COc1ccc(CNC(=O)CN2Cc3ccccc3CC2C(=O)NCCc2ccc(F)cc2)cc1. The van der Waals surface area contributed by atoms with Crippen molar-refractivity contribution in [3.63, 3.8) is 0 Å². The van der Waals surface area contributed by atoms with Crippen molar-refractivity contribution in [1.82, 2.24) is 15.5 Å². The van der Waals surface area contributed by atoms with E-state index in [-0.39, 0.29) is 24.2 Å². The Morgan fingerprint density at radius 2 is 1.63 bits per heavy atom. The van der Waals surface area contributed by atoms with E-state index in [1.54, 1.807) is 19.2 Å². The molecule has 1 atom stereocenters. The zero-order valence-electron chi connectivity index (χ0n) is 19.8. The molecule has 0 bridgehead atoms. The van der Waals surface area contributed by atoms with E-state index in [1.165, 1.54) is 12.1 Å². The summed E-state index contributed by atoms with van der Waals surface area (Å²) in [6.45, 7) is 1.50. The molecule has 7 heteroatoms. The average Bonchev–Trinajstić information content (AvgIpc) is 2.88. The van der Waals surface area contributed by atoms with Gasteiger partial charge in [0, 0.05) is 19.6 Å². The normalized spacial score (nSPS) is 15.2. The van der Waals surface area contributed by atoms with Crippen molar-refractivity contribution in [3.8, 4) is 5.75 Å². The maximum atomic E-state index is 13.1. The molecular formula is C28H30FN3O3. The molecule has 0 fully saturated rings. The van der Waals surface area contributed by atoms with Crippen molar-refractivity contribution in [3.05, 3.63) is 101 Å². The Morgan fingerprint density at radius 3 is 2.34 bits per heavy atom. The third-order valence-corrected chi connectivity index (χ3v) is 6.27. The van der Waals surface area contributed by atoms with Crippen molar-refractivity contribution in [2.45, 2.75) is 32.0 Å². The van der Waals surface area contributed by atoms with E-state index in [0.29, 0.717) is 32.5 Å². The largest absolute Gasteiger partial charge is 0.497 e. The molecule has 1 heterocycles. The number of carbonyl (C=O) groups is 2. The molecule has 1 aliphatic rings. The van der Waals surface area contributed by atoms with Gasteiger partial charge in [-0.1, -0.05) is 48.5 Å². The minimum Gasteiger partial charge on any atom is -0.497 e. The summed E-state index contributed by atoms with van der Waals surface area (Å²) in [6, 6.07) is 21.4. The first-order chi connectivity index (χ1) is 17.0. The number of ether oxygens (including phenoxy) is 1. The fourth-order valence-electron chi connectivity index (χ4n) is 4.29. The van der Waals surface area contributed by atoms with Gasteiger partial charge in [-0.15, -0.1) is 0 Å². The molecule has 0 saturated carbocycles. The number of rotatable bonds is 9. The second-order valence-corrected chi connectivity index (χ2v) is 8.69. The molecule has 182 valence electrons. The van der Waals surface area contributed by atoms with Gasteiger partial charge in [-0.2, -0.15) is 0 Å². The Balaban J connectivity index is 1.36. The Bertz CT molecular complexity index is 1150. The summed E-state index contributed by atoms with van der Waals surface area (Å²) in [7, 11) is 1.61. The van der Waals surface area contributed by atoms with Crippen LogP contribution < -0.4 is 15.4 Å². The second kappa shape index (κ2) is 11.6. The molecule has 0 saturated heterocycles. The summed E-state index contributed by atoms with van der Waals surface area (Å²) in [5.74, 6) is 0.244. The molecule has 0 aliphatic carbocycles. The van der Waals surface area contributed by atoms with Gasteiger partial charge in [0.1, 0.15) is 11.6 Å². The lowest BCUT2D eigenvalue weighted by Crippen LogP contribution is -2.53. The Hall–Kier alpha value is -3.71. The summed E-state index contributed by atoms with van der Waals surface area (Å²) >= 11 is 0. The minimum atomic E-state index is -0.440. The Labute approximate surface area is 205 Å². The van der Waals surface area contributed by atoms with E-state index in [2.05, 4.69) is 10.6 Å². The molecule has 0 aromatic heterocycles. The summed E-state index contributed by atoms with van der Waals surface area (Å²) in [4.78, 5) is 27.8. The first-order valence-electron chi connectivity index (χ1n) is 11.7. The quantitative estimate of drug-likeness (QED) is 0.499. The average molecular weight is 476 g/mol. The smallest absolute Gasteiger partial charge is 0.237 e. The van der Waals surface area contributed by atoms with Gasteiger partial charge in [-0.25, -0.2) is 4.39 Å². The molecule has 35 heavy (non-hydrogen) atoms. The van der Waals surface area contributed by atoms with Gasteiger partial charge in [0.15, 0.2) is 0 Å². The van der Waals surface area contributed by atoms with Crippen LogP contribution in [0.25, 0.3) is 0 Å². The van der Waals surface area contributed by atoms with Crippen molar-refractivity contribution < 1.29 is 18.7 Å². The van der Waals surface area contributed by atoms with Crippen LogP contribution in [0.15, 0.2) is 72.8 Å². The third kappa shape index (κ3) is 6.67. The number of hydrogen-bond donors (Lipinski definition) is 2. The lowest BCUT2D eigenvalue weighted by Gasteiger charge is -2.35. The Kier molecular flexibility index (Phi) is 8.11. The molecule has 6 nitrogen and oxygen atoms in total. The van der Waals surface area contributed by atoms with Crippen molar-refractivity contribution in [1.29, 1.82) is 0 Å². The molecule has 1 aliphatic heterocycles. The number of methoxy groups -OCH3 is 1. The van der Waals surface area contributed by atoms with Gasteiger partial charge in [-0.3, -0.25) is 14.5 Å². The number of fused-ring (bicyclic) bond motifs is 1. The Morgan fingerprint density at radius 1 is 0.943 bits per heavy atom. The number of carbonyl (C=O) groups excluding carboxylic acids is 2. The van der Waals surface area contributed by atoms with Crippen LogP contribution in [0.1, 0.15) is 22.3 Å². The molecule has 1 unspecified atom stereocenters. The van der Waals surface area contributed by atoms with Crippen molar-refractivity contribution in [2.24, 2.45) is 0 Å². The first kappa shape index (κ1) is 24.4. The van der Waals surface area contributed by atoms with Gasteiger partial charge in [-0.05, 0) is 59.4 Å². The fourth-order valence-corrected chi connectivity index (χ4v) is 4.29. The highest BCUT2D eigenvalue weighted by Gasteiger charge is 2.32. The molecule has 0 spiro atoms. The molecule has 3 aromatic rings. The van der Waals surface area contributed by atoms with E-state index in [4.69, 9.17) is 4.74 Å². The van der Waals surface area contributed by atoms with E-state index in [9.17, 15) is 14.0 Å². The lowest BCUT2D eigenvalue weighted by molar-refractivity contribution is -0.129. The predicted octanol–water partition coefficient (Wildman–Crippen LogP) is 3.24. The monoisotopic (exact) mass is 475 g/mol. The maximum absolute atomic E-state index is 13.1. The highest BCUT2D eigenvalue weighted by molar-refractivity contribution is 5.84. The van der Waals surface area contributed by atoms with E-state index >= 15 is 0 Å². The summed E-state index contributed by atoms with van der Waals surface area (Å²) in [5.41, 5.74) is 4.18. The molecule has 2 amide bonds. The molecule has 0 radical (unpaired) electrons. The van der Waals surface area contributed by atoms with Gasteiger partial charge in [0.25, 0.3) is 0 Å². The maximum Gasteiger partial charge on any atom is 0.237 e. The summed E-state index contributed by atoms with van der Waals surface area (Å²) < 4.78 is 18.3. The lowest BCUT2D eigenvalue weighted by atomic mass is 9.93. The van der Waals surface area contributed by atoms with Gasteiger partial charge in [0.05, 0.1) is 19.7 Å². The van der Waals surface area contributed by atoms with E-state index in [1.807, 2.05) is 53.4 Å². The molecule has 4 rings (SSSR count).